The van der Waals surface area contributed by atoms with Crippen LogP contribution in [0.4, 0.5) is 4.70 Å². The van der Waals surface area contributed by atoms with Crippen molar-refractivity contribution in [2.24, 2.45) is 0 Å². The fourth-order valence-corrected chi connectivity index (χ4v) is 0. The lowest BCUT2D eigenvalue weighted by Gasteiger charge is -1.48. The molecule has 40 valence electrons. The zero-order chi connectivity index (χ0) is 4.71. The predicted octanol–water partition coefficient (Wildman–Crippen LogP) is 2.37. The van der Waals surface area contributed by atoms with Crippen molar-refractivity contribution in [2.75, 3.05) is 0 Å². The highest BCUT2D eigenvalue weighted by atomic mass is 19.0. The molecule has 0 heterocycles. The molecule has 0 aromatic carbocycles. The largest absolute Gasteiger partial charge is 0.269 e. The Hall–Kier alpha value is -0.330. The Kier molecular flexibility index (Phi) is 405. The van der Waals surface area contributed by atoms with Crippen LogP contribution in [0.2, 0.25) is 0 Å². The molecule has 0 nitrogen and oxygen atoms in total. The van der Waals surface area contributed by atoms with E-state index in [0.29, 0.717) is 0 Å². The van der Waals surface area contributed by atoms with E-state index in [2.05, 4.69) is 27.0 Å². The fourth-order valence-electron chi connectivity index (χ4n) is 0. The Labute approximate surface area is 39.2 Å². The number of hydrogen-bond donors (Lipinski definition) is 0. The van der Waals surface area contributed by atoms with Crippen molar-refractivity contribution in [1.82, 2.24) is 0 Å². The van der Waals surface area contributed by atoms with Gasteiger partial charge in [0.05, 0.1) is 0 Å². The highest BCUT2D eigenvalue weighted by molar-refractivity contribution is 4.22. The maximum absolute atomic E-state index is 3.00. The lowest BCUT2D eigenvalue weighted by atomic mass is 10.6. The van der Waals surface area contributed by atoms with Gasteiger partial charge in [-0.1, -0.05) is 20.3 Å². The Bertz CT molecular complexity index is 7.90. The van der Waals surface area contributed by atoms with E-state index in [1.165, 1.54) is 6.42 Å². The van der Waals surface area contributed by atoms with E-state index in [1.807, 2.05) is 0 Å². The summed E-state index contributed by atoms with van der Waals surface area (Å²) < 4.78 is 0. The Morgan fingerprint density at radius 3 is 1.17 bits per heavy atom. The molecule has 1 heteroatoms. The average molecular weight is 92.2 g/mol. The van der Waals surface area contributed by atoms with Gasteiger partial charge in [-0.2, -0.15) is 0 Å². The van der Waals surface area contributed by atoms with Crippen molar-refractivity contribution in [3.8, 4) is 0 Å². The minimum Gasteiger partial charge on any atom is -0.269 e. The maximum Gasteiger partial charge on any atom is -0.0590 e. The molecule has 0 bridgehead atoms. The van der Waals surface area contributed by atoms with Crippen LogP contribution in [0, 0.1) is 0 Å². The molecule has 6 heavy (non-hydrogen) atoms. The molecule has 0 saturated heterocycles. The number of hydrogen-bond acceptors (Lipinski definition) is 0. The van der Waals surface area contributed by atoms with Crippen LogP contribution in [0.25, 0.3) is 0 Å². The third kappa shape index (κ3) is 240. The molecule has 0 spiro atoms. The molecule has 0 N–H and O–H groups in total. The molecule has 0 radical (unpaired) electrons. The first kappa shape index (κ1) is 17.3. The summed E-state index contributed by atoms with van der Waals surface area (Å²) in [5, 5.41) is 0. The van der Waals surface area contributed by atoms with E-state index in [4.69, 9.17) is 0 Å². The topological polar surface area (TPSA) is 0 Å². The van der Waals surface area contributed by atoms with Crippen LogP contribution >= 0.6 is 0 Å². The molecular formula is C5H13F. The normalized spacial score (nSPS) is 3.67. The van der Waals surface area contributed by atoms with E-state index < -0.39 is 0 Å². The molecule has 0 amide bonds. The van der Waals surface area contributed by atoms with E-state index in [-0.39, 0.29) is 4.70 Å². The molecule has 0 saturated carbocycles. The van der Waals surface area contributed by atoms with Crippen LogP contribution in [-0.2, 0) is 0 Å². The quantitative estimate of drug-likeness (QED) is 0.402. The lowest BCUT2D eigenvalue weighted by molar-refractivity contribution is 1.09. The van der Waals surface area contributed by atoms with Gasteiger partial charge in [-0.25, -0.2) is 0 Å². The molecular weight excluding hydrogens is 79.1 g/mol. The second-order valence-electron chi connectivity index (χ2n) is 0.707. The minimum absolute atomic E-state index is 0. The van der Waals surface area contributed by atoms with Gasteiger partial charge in [0.1, 0.15) is 0 Å². The summed E-state index contributed by atoms with van der Waals surface area (Å²) >= 11 is 0. The Morgan fingerprint density at radius 1 is 1.17 bits per heavy atom. The average Bonchev–Trinajstić information content (AvgIpc) is 1.46. The van der Waals surface area contributed by atoms with Crippen molar-refractivity contribution in [3.05, 3.63) is 13.2 Å². The summed E-state index contributed by atoms with van der Waals surface area (Å²) in [4.78, 5) is 0. The van der Waals surface area contributed by atoms with Crippen LogP contribution < -0.4 is 0 Å². The molecule has 0 aliphatic rings. The summed E-state index contributed by atoms with van der Waals surface area (Å²) in [6.07, 6.45) is 1.25. The van der Waals surface area contributed by atoms with Gasteiger partial charge >= 0.3 is 0 Å². The monoisotopic (exact) mass is 92.1 g/mol. The van der Waals surface area contributed by atoms with Crippen LogP contribution in [0.3, 0.4) is 0 Å². The predicted molar refractivity (Wildman–Crippen MR) is 29.7 cm³/mol. The minimum atomic E-state index is 0. The van der Waals surface area contributed by atoms with Gasteiger partial charge in [0.25, 0.3) is 0 Å². The summed E-state index contributed by atoms with van der Waals surface area (Å²) in [5.41, 5.74) is 0. The molecule has 0 aromatic heterocycles. The summed E-state index contributed by atoms with van der Waals surface area (Å²) in [5.74, 6) is 0. The second kappa shape index (κ2) is 140. The van der Waals surface area contributed by atoms with E-state index in [9.17, 15) is 0 Å². The summed E-state index contributed by atoms with van der Waals surface area (Å²) in [6, 6.07) is 0. The lowest BCUT2D eigenvalue weighted by Crippen LogP contribution is -1.27. The molecule has 0 unspecified atom stereocenters. The smallest absolute Gasteiger partial charge is 0.0590 e. The Balaban J connectivity index is -0.0000000275. The van der Waals surface area contributed by atoms with Gasteiger partial charge < -0.3 is 0 Å². The first-order valence-electron chi connectivity index (χ1n) is 1.91. The van der Waals surface area contributed by atoms with Crippen LogP contribution in [0.5, 0.6) is 0 Å². The van der Waals surface area contributed by atoms with Crippen LogP contribution in [0.1, 0.15) is 20.3 Å². The van der Waals surface area contributed by atoms with Gasteiger partial charge in [0.15, 0.2) is 0 Å². The Morgan fingerprint density at radius 2 is 1.17 bits per heavy atom. The highest BCUT2D eigenvalue weighted by Gasteiger charge is 1.35. The van der Waals surface area contributed by atoms with Gasteiger partial charge in [-0.05, 0) is 0 Å². The molecule has 0 fully saturated rings. The van der Waals surface area contributed by atoms with E-state index >= 15 is 0 Å². The molecule has 0 aliphatic carbocycles. The zero-order valence-corrected chi connectivity index (χ0v) is 4.53. The van der Waals surface area contributed by atoms with E-state index in [1.54, 1.807) is 0 Å². The van der Waals surface area contributed by atoms with Crippen molar-refractivity contribution < 1.29 is 4.70 Å². The zero-order valence-electron chi connectivity index (χ0n) is 4.53. The van der Waals surface area contributed by atoms with E-state index in [0.717, 1.165) is 0 Å². The fraction of sp³-hybridized carbons (Fsp3) is 0.600. The molecule has 0 rings (SSSR count). The first-order valence-corrected chi connectivity index (χ1v) is 1.91. The molecule has 0 atom stereocenters. The van der Waals surface area contributed by atoms with Crippen molar-refractivity contribution in [2.45, 2.75) is 20.3 Å². The van der Waals surface area contributed by atoms with Gasteiger partial charge in [0, 0.05) is 0 Å². The summed E-state index contributed by atoms with van der Waals surface area (Å²) in [7, 11) is 0. The van der Waals surface area contributed by atoms with Crippen LogP contribution in [0.15, 0.2) is 13.2 Å². The standard InChI is InChI=1S/C3H8.C2H4.FH/c1-3-2;1-2;/h3H2,1-2H3;1-2H2;1H. The maximum atomic E-state index is 3.00. The van der Waals surface area contributed by atoms with Crippen molar-refractivity contribution >= 4 is 0 Å². The molecule has 0 aliphatic heterocycles. The second-order valence-corrected chi connectivity index (χ2v) is 0.707. The number of halogens is 1. The van der Waals surface area contributed by atoms with Gasteiger partial charge in [-0.3, -0.25) is 4.70 Å². The summed E-state index contributed by atoms with van der Waals surface area (Å²) in [6.45, 7) is 10.2. The third-order valence-corrected chi connectivity index (χ3v) is 0. The third-order valence-electron chi connectivity index (χ3n) is 0. The van der Waals surface area contributed by atoms with Crippen LogP contribution in [-0.4, -0.2) is 0 Å². The first-order chi connectivity index (χ1) is 2.41. The molecule has 0 aromatic rings. The van der Waals surface area contributed by atoms with Crippen molar-refractivity contribution in [1.29, 1.82) is 0 Å². The van der Waals surface area contributed by atoms with Gasteiger partial charge in [-0.15, -0.1) is 13.2 Å². The highest BCUT2D eigenvalue weighted by Crippen LogP contribution is 1.56. The van der Waals surface area contributed by atoms with Crippen molar-refractivity contribution in [3.63, 3.8) is 0 Å². The SMILES string of the molecule is C=C.CCC.F. The van der Waals surface area contributed by atoms with Gasteiger partial charge in [0.2, 0.25) is 0 Å². The number of rotatable bonds is 0.